The van der Waals surface area contributed by atoms with E-state index in [1.807, 2.05) is 32.0 Å². The molecule has 1 heterocycles. The first-order valence-electron chi connectivity index (χ1n) is 5.91. The topological polar surface area (TPSA) is 76.7 Å². The van der Waals surface area contributed by atoms with Crippen LogP contribution in [0.1, 0.15) is 25.5 Å². The summed E-state index contributed by atoms with van der Waals surface area (Å²) in [4.78, 5) is 12.5. The number of hydrogen-bond acceptors (Lipinski definition) is 4. The van der Waals surface area contributed by atoms with Crippen LogP contribution in [0.15, 0.2) is 37.5 Å². The molecule has 0 aliphatic carbocycles. The standard InChI is InChI=1S/C12H15BrN4OS/c1-3-17-11(18)15-16-12(17)19-10-5-4-8(7(2)14)6-9(10)13/h4-7H,3,14H2,1-2H3,(H,15,18)/t7-/m1/s1. The zero-order valence-corrected chi connectivity index (χ0v) is 13.1. The van der Waals surface area contributed by atoms with E-state index in [4.69, 9.17) is 5.73 Å². The van der Waals surface area contributed by atoms with Gasteiger partial charge < -0.3 is 5.73 Å². The Hall–Kier alpha value is -1.05. The predicted octanol–water partition coefficient (Wildman–Crippen LogP) is 2.52. The van der Waals surface area contributed by atoms with Gasteiger partial charge in [-0.25, -0.2) is 9.89 Å². The number of nitrogens with two attached hydrogens (primary N) is 1. The third-order valence-electron chi connectivity index (χ3n) is 2.72. The molecule has 0 bridgehead atoms. The molecular weight excluding hydrogens is 328 g/mol. The Morgan fingerprint density at radius 3 is 2.89 bits per heavy atom. The van der Waals surface area contributed by atoms with Crippen molar-refractivity contribution < 1.29 is 0 Å². The summed E-state index contributed by atoms with van der Waals surface area (Å²) in [5.74, 6) is 0. The van der Waals surface area contributed by atoms with Crippen molar-refractivity contribution in [2.75, 3.05) is 0 Å². The maximum Gasteiger partial charge on any atom is 0.343 e. The summed E-state index contributed by atoms with van der Waals surface area (Å²) in [6.07, 6.45) is 0. The molecule has 1 aromatic heterocycles. The van der Waals surface area contributed by atoms with Crippen molar-refractivity contribution >= 4 is 27.7 Å². The van der Waals surface area contributed by atoms with E-state index in [0.29, 0.717) is 11.7 Å². The lowest BCUT2D eigenvalue weighted by molar-refractivity contribution is 0.660. The molecule has 19 heavy (non-hydrogen) atoms. The number of nitrogens with zero attached hydrogens (tertiary/aromatic N) is 2. The second kappa shape index (κ2) is 5.94. The summed E-state index contributed by atoms with van der Waals surface area (Å²) in [5, 5.41) is 7.14. The Balaban J connectivity index is 2.31. The van der Waals surface area contributed by atoms with Crippen LogP contribution in [0.2, 0.25) is 0 Å². The van der Waals surface area contributed by atoms with Gasteiger partial charge in [-0.3, -0.25) is 4.57 Å². The van der Waals surface area contributed by atoms with E-state index in [-0.39, 0.29) is 11.7 Å². The molecule has 0 saturated heterocycles. The number of rotatable bonds is 4. The van der Waals surface area contributed by atoms with Gasteiger partial charge in [0, 0.05) is 22.0 Å². The van der Waals surface area contributed by atoms with Crippen LogP contribution in [0.25, 0.3) is 0 Å². The predicted molar refractivity (Wildman–Crippen MR) is 79.4 cm³/mol. The number of benzene rings is 1. The summed E-state index contributed by atoms with van der Waals surface area (Å²) in [5.41, 5.74) is 6.72. The molecule has 1 aromatic carbocycles. The third-order valence-corrected chi connectivity index (χ3v) is 4.71. The van der Waals surface area contributed by atoms with Gasteiger partial charge in [0.1, 0.15) is 0 Å². The highest BCUT2D eigenvalue weighted by atomic mass is 79.9. The van der Waals surface area contributed by atoms with Crippen LogP contribution < -0.4 is 11.4 Å². The van der Waals surface area contributed by atoms with Crippen LogP contribution >= 0.6 is 27.7 Å². The Bertz CT molecular complexity index is 635. The molecule has 0 aliphatic heterocycles. The molecule has 0 spiro atoms. The summed E-state index contributed by atoms with van der Waals surface area (Å²) in [7, 11) is 0. The van der Waals surface area contributed by atoms with Crippen molar-refractivity contribution in [2.45, 2.75) is 36.5 Å². The van der Waals surface area contributed by atoms with Crippen LogP contribution in [0.3, 0.4) is 0 Å². The zero-order valence-electron chi connectivity index (χ0n) is 10.7. The minimum atomic E-state index is -0.187. The van der Waals surface area contributed by atoms with E-state index in [1.54, 1.807) is 4.57 Å². The van der Waals surface area contributed by atoms with Gasteiger partial charge in [0.15, 0.2) is 5.16 Å². The van der Waals surface area contributed by atoms with Crippen molar-refractivity contribution in [1.82, 2.24) is 14.8 Å². The molecular formula is C12H15BrN4OS. The first-order valence-corrected chi connectivity index (χ1v) is 7.52. The number of nitrogens with one attached hydrogen (secondary N) is 1. The van der Waals surface area contributed by atoms with Crippen molar-refractivity contribution in [2.24, 2.45) is 5.73 Å². The Kier molecular flexibility index (Phi) is 4.49. The second-order valence-electron chi connectivity index (χ2n) is 4.14. The van der Waals surface area contributed by atoms with Crippen LogP contribution in [-0.4, -0.2) is 14.8 Å². The van der Waals surface area contributed by atoms with E-state index >= 15 is 0 Å². The average molecular weight is 343 g/mol. The van der Waals surface area contributed by atoms with Gasteiger partial charge in [0.05, 0.1) is 0 Å². The number of hydrogen-bond donors (Lipinski definition) is 2. The maximum absolute atomic E-state index is 11.5. The SMILES string of the molecule is CCn1c(Sc2ccc([C@@H](C)N)cc2Br)n[nH]c1=O. The quantitative estimate of drug-likeness (QED) is 0.894. The smallest absolute Gasteiger partial charge is 0.324 e. The summed E-state index contributed by atoms with van der Waals surface area (Å²) in [6, 6.07) is 5.95. The van der Waals surface area contributed by atoms with Gasteiger partial charge in [0.2, 0.25) is 0 Å². The first kappa shape index (κ1) is 14.4. The first-order chi connectivity index (χ1) is 9.02. The van der Waals surface area contributed by atoms with Gasteiger partial charge in [-0.15, -0.1) is 5.10 Å². The lowest BCUT2D eigenvalue weighted by atomic mass is 10.1. The van der Waals surface area contributed by atoms with Gasteiger partial charge in [0.25, 0.3) is 0 Å². The lowest BCUT2D eigenvalue weighted by Gasteiger charge is -2.09. The number of halogens is 1. The molecule has 5 nitrogen and oxygen atoms in total. The normalized spacial score (nSPS) is 12.6. The van der Waals surface area contributed by atoms with Gasteiger partial charge >= 0.3 is 5.69 Å². The van der Waals surface area contributed by atoms with Gasteiger partial charge in [-0.2, -0.15) is 0 Å². The minimum Gasteiger partial charge on any atom is -0.324 e. The molecule has 0 amide bonds. The number of aromatic nitrogens is 3. The number of H-pyrrole nitrogens is 1. The minimum absolute atomic E-state index is 0.00504. The zero-order chi connectivity index (χ0) is 14.0. The second-order valence-corrected chi connectivity index (χ2v) is 6.00. The van der Waals surface area contributed by atoms with Crippen LogP contribution in [0.4, 0.5) is 0 Å². The van der Waals surface area contributed by atoms with E-state index in [1.165, 1.54) is 11.8 Å². The van der Waals surface area contributed by atoms with Crippen LogP contribution in [-0.2, 0) is 6.54 Å². The fourth-order valence-corrected chi connectivity index (χ4v) is 3.18. The fourth-order valence-electron chi connectivity index (χ4n) is 1.64. The molecule has 0 saturated carbocycles. The van der Waals surface area contributed by atoms with Gasteiger partial charge in [-0.05, 0) is 59.2 Å². The highest BCUT2D eigenvalue weighted by Crippen LogP contribution is 2.33. The highest BCUT2D eigenvalue weighted by Gasteiger charge is 2.11. The van der Waals surface area contributed by atoms with E-state index in [0.717, 1.165) is 14.9 Å². The van der Waals surface area contributed by atoms with E-state index < -0.39 is 0 Å². The summed E-state index contributed by atoms with van der Waals surface area (Å²) < 4.78 is 2.54. The van der Waals surface area contributed by atoms with E-state index in [9.17, 15) is 4.79 Å². The summed E-state index contributed by atoms with van der Waals surface area (Å²) in [6.45, 7) is 4.44. The van der Waals surface area contributed by atoms with E-state index in [2.05, 4.69) is 26.1 Å². The average Bonchev–Trinajstić information content (AvgIpc) is 2.72. The lowest BCUT2D eigenvalue weighted by Crippen LogP contribution is -2.16. The fraction of sp³-hybridized carbons (Fsp3) is 0.333. The largest absolute Gasteiger partial charge is 0.343 e. The monoisotopic (exact) mass is 342 g/mol. The Morgan fingerprint density at radius 2 is 2.32 bits per heavy atom. The molecule has 7 heteroatoms. The Morgan fingerprint density at radius 1 is 1.58 bits per heavy atom. The van der Waals surface area contributed by atoms with Crippen molar-refractivity contribution in [3.8, 4) is 0 Å². The van der Waals surface area contributed by atoms with Crippen molar-refractivity contribution in [3.05, 3.63) is 38.7 Å². The van der Waals surface area contributed by atoms with Gasteiger partial charge in [-0.1, -0.05) is 6.07 Å². The molecule has 3 N–H and O–H groups in total. The Labute approximate surface area is 123 Å². The maximum atomic E-state index is 11.5. The molecule has 0 fully saturated rings. The highest BCUT2D eigenvalue weighted by molar-refractivity contribution is 9.10. The molecule has 102 valence electrons. The van der Waals surface area contributed by atoms with Crippen molar-refractivity contribution in [1.29, 1.82) is 0 Å². The van der Waals surface area contributed by atoms with Crippen molar-refractivity contribution in [3.63, 3.8) is 0 Å². The summed E-state index contributed by atoms with van der Waals surface area (Å²) >= 11 is 4.96. The molecule has 0 radical (unpaired) electrons. The molecule has 0 aliphatic rings. The molecule has 0 unspecified atom stereocenters. The molecule has 2 rings (SSSR count). The van der Waals surface area contributed by atoms with Crippen LogP contribution in [0, 0.1) is 0 Å². The molecule has 2 aromatic rings. The molecule has 1 atom stereocenters. The number of aromatic amines is 1. The van der Waals surface area contributed by atoms with Crippen LogP contribution in [0.5, 0.6) is 0 Å². The third kappa shape index (κ3) is 3.10.